The SMILES string of the molecule is CNC(C)c1cc(F)ccc1N1CCCC1CO. The van der Waals surface area contributed by atoms with E-state index in [4.69, 9.17) is 0 Å². The number of halogens is 1. The number of nitrogens with zero attached hydrogens (tertiary/aromatic N) is 1. The van der Waals surface area contributed by atoms with Gasteiger partial charge in [-0.1, -0.05) is 0 Å². The van der Waals surface area contributed by atoms with Gasteiger partial charge in [-0.2, -0.15) is 0 Å². The molecule has 1 aromatic carbocycles. The molecule has 1 fully saturated rings. The molecule has 2 N–H and O–H groups in total. The Morgan fingerprint density at radius 3 is 3.00 bits per heavy atom. The lowest BCUT2D eigenvalue weighted by Gasteiger charge is -2.29. The highest BCUT2D eigenvalue weighted by atomic mass is 19.1. The number of nitrogens with one attached hydrogen (secondary N) is 1. The zero-order valence-electron chi connectivity index (χ0n) is 11.0. The van der Waals surface area contributed by atoms with E-state index in [0.29, 0.717) is 0 Å². The largest absolute Gasteiger partial charge is 0.394 e. The Hall–Kier alpha value is -1.13. The van der Waals surface area contributed by atoms with Crippen LogP contribution in [0.15, 0.2) is 18.2 Å². The third-order valence-corrected chi connectivity index (χ3v) is 3.79. The van der Waals surface area contributed by atoms with Crippen LogP contribution < -0.4 is 10.2 Å². The quantitative estimate of drug-likeness (QED) is 0.861. The first-order valence-corrected chi connectivity index (χ1v) is 6.51. The molecule has 3 nitrogen and oxygen atoms in total. The fraction of sp³-hybridized carbons (Fsp3) is 0.571. The van der Waals surface area contributed by atoms with Crippen molar-refractivity contribution in [2.24, 2.45) is 0 Å². The van der Waals surface area contributed by atoms with Crippen molar-refractivity contribution in [1.82, 2.24) is 5.32 Å². The van der Waals surface area contributed by atoms with E-state index in [0.717, 1.165) is 30.6 Å². The number of hydrogen-bond acceptors (Lipinski definition) is 3. The minimum atomic E-state index is -0.212. The van der Waals surface area contributed by atoms with Crippen LogP contribution in [0.1, 0.15) is 31.4 Å². The molecule has 0 amide bonds. The summed E-state index contributed by atoms with van der Waals surface area (Å²) in [4.78, 5) is 2.20. The third kappa shape index (κ3) is 2.49. The number of anilines is 1. The molecule has 2 rings (SSSR count). The number of benzene rings is 1. The van der Waals surface area contributed by atoms with Crippen LogP contribution in [0.3, 0.4) is 0 Å². The maximum atomic E-state index is 13.4. The normalized spacial score (nSPS) is 21.3. The van der Waals surface area contributed by atoms with E-state index < -0.39 is 0 Å². The molecule has 0 bridgehead atoms. The Morgan fingerprint density at radius 1 is 1.56 bits per heavy atom. The Morgan fingerprint density at radius 2 is 2.33 bits per heavy atom. The fourth-order valence-electron chi connectivity index (χ4n) is 2.63. The van der Waals surface area contributed by atoms with Gasteiger partial charge in [-0.15, -0.1) is 0 Å². The topological polar surface area (TPSA) is 35.5 Å². The van der Waals surface area contributed by atoms with Crippen LogP contribution in [0, 0.1) is 5.82 Å². The zero-order valence-corrected chi connectivity index (χ0v) is 11.0. The molecule has 0 spiro atoms. The van der Waals surface area contributed by atoms with Crippen molar-refractivity contribution < 1.29 is 9.50 Å². The van der Waals surface area contributed by atoms with Crippen LogP contribution in [0.25, 0.3) is 0 Å². The van der Waals surface area contributed by atoms with Crippen molar-refractivity contribution >= 4 is 5.69 Å². The summed E-state index contributed by atoms with van der Waals surface area (Å²) >= 11 is 0. The molecule has 100 valence electrons. The van der Waals surface area contributed by atoms with Crippen molar-refractivity contribution in [3.8, 4) is 0 Å². The number of aliphatic hydroxyl groups is 1. The summed E-state index contributed by atoms with van der Waals surface area (Å²) in [6.07, 6.45) is 2.08. The Balaban J connectivity index is 2.37. The summed E-state index contributed by atoms with van der Waals surface area (Å²) in [5, 5.41) is 12.6. The van der Waals surface area contributed by atoms with E-state index in [1.54, 1.807) is 6.07 Å². The molecule has 18 heavy (non-hydrogen) atoms. The summed E-state index contributed by atoms with van der Waals surface area (Å²) in [6.45, 7) is 3.10. The van der Waals surface area contributed by atoms with Gasteiger partial charge in [0.25, 0.3) is 0 Å². The van der Waals surface area contributed by atoms with Crippen LogP contribution in [0.4, 0.5) is 10.1 Å². The van der Waals surface area contributed by atoms with E-state index in [1.165, 1.54) is 6.07 Å². The van der Waals surface area contributed by atoms with Crippen LogP contribution in [0.5, 0.6) is 0 Å². The van der Waals surface area contributed by atoms with E-state index in [9.17, 15) is 9.50 Å². The molecule has 1 aliphatic heterocycles. The maximum Gasteiger partial charge on any atom is 0.123 e. The van der Waals surface area contributed by atoms with E-state index in [2.05, 4.69) is 10.2 Å². The molecular weight excluding hydrogens is 231 g/mol. The highest BCUT2D eigenvalue weighted by Gasteiger charge is 2.26. The predicted octanol–water partition coefficient (Wildman–Crippen LogP) is 2.07. The predicted molar refractivity (Wildman–Crippen MR) is 71.3 cm³/mol. The van der Waals surface area contributed by atoms with Gasteiger partial charge >= 0.3 is 0 Å². The molecular formula is C14H21FN2O. The Labute approximate surface area is 108 Å². The summed E-state index contributed by atoms with van der Waals surface area (Å²) in [5.74, 6) is -0.212. The molecule has 1 aliphatic rings. The standard InChI is InChI=1S/C14H21FN2O/c1-10(16-2)13-8-11(15)5-6-14(13)17-7-3-4-12(17)9-18/h5-6,8,10,12,16,18H,3-4,7,9H2,1-2H3. The van der Waals surface area contributed by atoms with Gasteiger partial charge in [0.2, 0.25) is 0 Å². The first-order chi connectivity index (χ1) is 8.67. The molecule has 2 atom stereocenters. The highest BCUT2D eigenvalue weighted by Crippen LogP contribution is 2.32. The van der Waals surface area contributed by atoms with Gasteiger partial charge in [0.1, 0.15) is 5.82 Å². The third-order valence-electron chi connectivity index (χ3n) is 3.79. The summed E-state index contributed by atoms with van der Waals surface area (Å²) < 4.78 is 13.4. The van der Waals surface area contributed by atoms with Gasteiger partial charge in [0.05, 0.1) is 12.6 Å². The zero-order chi connectivity index (χ0) is 13.1. The first-order valence-electron chi connectivity index (χ1n) is 6.51. The first kappa shape index (κ1) is 13.3. The van der Waals surface area contributed by atoms with Crippen LogP contribution in [0.2, 0.25) is 0 Å². The molecule has 4 heteroatoms. The average molecular weight is 252 g/mol. The number of rotatable bonds is 4. The van der Waals surface area contributed by atoms with Gasteiger partial charge < -0.3 is 15.3 Å². The molecule has 0 saturated carbocycles. The van der Waals surface area contributed by atoms with Crippen molar-refractivity contribution in [3.63, 3.8) is 0 Å². The van der Waals surface area contributed by atoms with Crippen molar-refractivity contribution in [2.45, 2.75) is 31.8 Å². The van der Waals surface area contributed by atoms with E-state index >= 15 is 0 Å². The highest BCUT2D eigenvalue weighted by molar-refractivity contribution is 5.56. The Kier molecular flexibility index (Phi) is 4.19. The van der Waals surface area contributed by atoms with Crippen molar-refractivity contribution in [2.75, 3.05) is 25.1 Å². The second-order valence-electron chi connectivity index (χ2n) is 4.89. The lowest BCUT2D eigenvalue weighted by atomic mass is 10.0. The molecule has 0 radical (unpaired) electrons. The minimum absolute atomic E-state index is 0.0932. The van der Waals surface area contributed by atoms with Gasteiger partial charge in [-0.05, 0) is 50.6 Å². The summed E-state index contributed by atoms with van der Waals surface area (Å²) in [6, 6.07) is 5.16. The lowest BCUT2D eigenvalue weighted by molar-refractivity contribution is 0.266. The molecule has 2 unspecified atom stereocenters. The van der Waals surface area contributed by atoms with E-state index in [1.807, 2.05) is 20.0 Å². The van der Waals surface area contributed by atoms with Gasteiger partial charge in [-0.3, -0.25) is 0 Å². The lowest BCUT2D eigenvalue weighted by Crippen LogP contribution is -2.33. The molecule has 0 aromatic heterocycles. The van der Waals surface area contributed by atoms with Crippen LogP contribution in [-0.4, -0.2) is 31.3 Å². The van der Waals surface area contributed by atoms with Gasteiger partial charge in [0, 0.05) is 18.3 Å². The number of hydrogen-bond donors (Lipinski definition) is 2. The maximum absolute atomic E-state index is 13.4. The smallest absolute Gasteiger partial charge is 0.123 e. The fourth-order valence-corrected chi connectivity index (χ4v) is 2.63. The average Bonchev–Trinajstić information content (AvgIpc) is 2.85. The van der Waals surface area contributed by atoms with Crippen molar-refractivity contribution in [1.29, 1.82) is 0 Å². The second-order valence-corrected chi connectivity index (χ2v) is 4.89. The second kappa shape index (κ2) is 5.67. The minimum Gasteiger partial charge on any atom is -0.394 e. The van der Waals surface area contributed by atoms with Crippen LogP contribution in [-0.2, 0) is 0 Å². The number of aliphatic hydroxyl groups excluding tert-OH is 1. The monoisotopic (exact) mass is 252 g/mol. The Bertz CT molecular complexity index is 411. The molecule has 1 heterocycles. The van der Waals surface area contributed by atoms with Crippen molar-refractivity contribution in [3.05, 3.63) is 29.6 Å². The summed E-state index contributed by atoms with van der Waals surface area (Å²) in [7, 11) is 1.87. The molecule has 1 aromatic rings. The van der Waals surface area contributed by atoms with Crippen LogP contribution >= 0.6 is 0 Å². The van der Waals surface area contributed by atoms with E-state index in [-0.39, 0.29) is 24.5 Å². The molecule has 1 saturated heterocycles. The molecule has 0 aliphatic carbocycles. The summed E-state index contributed by atoms with van der Waals surface area (Å²) in [5.41, 5.74) is 1.99. The van der Waals surface area contributed by atoms with Gasteiger partial charge in [-0.25, -0.2) is 4.39 Å². The van der Waals surface area contributed by atoms with Gasteiger partial charge in [0.15, 0.2) is 0 Å².